The largest absolute Gasteiger partial charge is 0.445 e. The van der Waals surface area contributed by atoms with Crippen LogP contribution in [0.3, 0.4) is 0 Å². The lowest BCUT2D eigenvalue weighted by Crippen LogP contribution is -2.46. The molecule has 0 spiro atoms. The van der Waals surface area contributed by atoms with Gasteiger partial charge < -0.3 is 14.9 Å². The minimum atomic E-state index is -1.15. The van der Waals surface area contributed by atoms with E-state index in [1.807, 2.05) is 0 Å². The maximum absolute atomic E-state index is 12.3. The fourth-order valence-corrected chi connectivity index (χ4v) is 2.08. The van der Waals surface area contributed by atoms with Crippen LogP contribution >= 0.6 is 0 Å². The van der Waals surface area contributed by atoms with Crippen molar-refractivity contribution in [1.29, 1.82) is 0 Å². The van der Waals surface area contributed by atoms with Crippen LogP contribution in [0.25, 0.3) is 0 Å². The Labute approximate surface area is 143 Å². The molecule has 2 heterocycles. The number of imide groups is 1. The summed E-state index contributed by atoms with van der Waals surface area (Å²) in [6.45, 7) is 3.38. The summed E-state index contributed by atoms with van der Waals surface area (Å²) in [6, 6.07) is 2.16. The molecule has 1 saturated heterocycles. The number of nitrogens with one attached hydrogen (secondary N) is 1. The number of pyridine rings is 1. The van der Waals surface area contributed by atoms with Crippen molar-refractivity contribution in [3.8, 4) is 0 Å². The monoisotopic (exact) mass is 347 g/mol. The number of amides is 3. The fourth-order valence-electron chi connectivity index (χ4n) is 2.08. The van der Waals surface area contributed by atoms with E-state index in [1.165, 1.54) is 18.5 Å². The minimum Gasteiger partial charge on any atom is -0.445 e. The first-order valence-electron chi connectivity index (χ1n) is 7.52. The molecule has 0 aliphatic carbocycles. The first kappa shape index (κ1) is 18.1. The van der Waals surface area contributed by atoms with Crippen molar-refractivity contribution >= 4 is 23.9 Å². The molecule has 9 heteroatoms. The maximum atomic E-state index is 12.3. The van der Waals surface area contributed by atoms with Gasteiger partial charge in [0.2, 0.25) is 0 Å². The van der Waals surface area contributed by atoms with Gasteiger partial charge in [-0.2, -0.15) is 0 Å². The van der Waals surface area contributed by atoms with Gasteiger partial charge in [0.1, 0.15) is 12.6 Å². The molecule has 0 radical (unpaired) electrons. The van der Waals surface area contributed by atoms with Crippen molar-refractivity contribution in [2.75, 3.05) is 6.61 Å². The molecule has 25 heavy (non-hydrogen) atoms. The molecule has 0 aromatic carbocycles. The van der Waals surface area contributed by atoms with E-state index in [-0.39, 0.29) is 25.9 Å². The van der Waals surface area contributed by atoms with E-state index >= 15 is 0 Å². The van der Waals surface area contributed by atoms with E-state index in [4.69, 9.17) is 9.57 Å². The van der Waals surface area contributed by atoms with Crippen molar-refractivity contribution in [2.45, 2.75) is 25.3 Å². The summed E-state index contributed by atoms with van der Waals surface area (Å²) in [5.74, 6) is -2.15. The van der Waals surface area contributed by atoms with Gasteiger partial charge in [0.15, 0.2) is 0 Å². The topological polar surface area (TPSA) is 115 Å². The Morgan fingerprint density at radius 1 is 1.28 bits per heavy atom. The highest BCUT2D eigenvalue weighted by Crippen LogP contribution is 2.14. The van der Waals surface area contributed by atoms with Crippen LogP contribution in [0.15, 0.2) is 37.2 Å². The molecule has 1 aliphatic heterocycles. The second-order valence-electron chi connectivity index (χ2n) is 5.14. The number of alkyl carbamates (subject to hydrolysis) is 1. The summed E-state index contributed by atoms with van der Waals surface area (Å²) in [6.07, 6.45) is 3.61. The summed E-state index contributed by atoms with van der Waals surface area (Å²) in [7, 11) is 0. The lowest BCUT2D eigenvalue weighted by Gasteiger charge is -2.20. The van der Waals surface area contributed by atoms with E-state index in [9.17, 15) is 19.2 Å². The molecular formula is C16H17N3O6. The zero-order valence-electron chi connectivity index (χ0n) is 13.3. The van der Waals surface area contributed by atoms with Crippen LogP contribution in [0, 0.1) is 0 Å². The molecular weight excluding hydrogens is 330 g/mol. The SMILES string of the molecule is C=CCOC(=O)NC(Cc1ccncc1)C(=O)ON1C(=O)CCC1=O. The number of rotatable bonds is 7. The predicted octanol–water partition coefficient (Wildman–Crippen LogP) is 0.512. The minimum absolute atomic E-state index is 0.0179. The van der Waals surface area contributed by atoms with Crippen molar-refractivity contribution in [3.05, 3.63) is 42.7 Å². The van der Waals surface area contributed by atoms with Crippen LogP contribution < -0.4 is 5.32 Å². The highest BCUT2D eigenvalue weighted by molar-refractivity contribution is 6.01. The standard InChI is InChI=1S/C16H17N3O6/c1-2-9-24-16(23)18-12(10-11-5-7-17-8-6-11)15(22)25-19-13(20)3-4-14(19)21/h2,5-8,12H,1,3-4,9-10H2,(H,18,23). The van der Waals surface area contributed by atoms with Crippen LogP contribution in [0.5, 0.6) is 0 Å². The molecule has 1 aliphatic rings. The Hall–Kier alpha value is -3.23. The number of ether oxygens (including phenoxy) is 1. The average Bonchev–Trinajstić information content (AvgIpc) is 2.92. The van der Waals surface area contributed by atoms with Gasteiger partial charge in [-0.05, 0) is 17.7 Å². The molecule has 0 bridgehead atoms. The summed E-state index contributed by atoms with van der Waals surface area (Å²) in [4.78, 5) is 55.9. The highest BCUT2D eigenvalue weighted by Gasteiger charge is 2.35. The first-order chi connectivity index (χ1) is 12.0. The number of carbonyl (C=O) groups is 4. The highest BCUT2D eigenvalue weighted by atomic mass is 16.7. The molecule has 3 amide bonds. The smallest absolute Gasteiger partial charge is 0.408 e. The Morgan fingerprint density at radius 3 is 2.52 bits per heavy atom. The van der Waals surface area contributed by atoms with E-state index in [2.05, 4.69) is 16.9 Å². The third kappa shape index (κ3) is 5.13. The van der Waals surface area contributed by atoms with E-state index < -0.39 is 29.9 Å². The van der Waals surface area contributed by atoms with Gasteiger partial charge in [0.25, 0.3) is 11.8 Å². The molecule has 1 aromatic rings. The van der Waals surface area contributed by atoms with E-state index in [0.717, 1.165) is 0 Å². The lowest BCUT2D eigenvalue weighted by molar-refractivity contribution is -0.198. The van der Waals surface area contributed by atoms with Crippen LogP contribution in [0.2, 0.25) is 0 Å². The van der Waals surface area contributed by atoms with Crippen LogP contribution in [-0.4, -0.2) is 46.6 Å². The number of carbonyl (C=O) groups excluding carboxylic acids is 4. The Bertz CT molecular complexity index is 660. The molecule has 1 fully saturated rings. The molecule has 2 rings (SSSR count). The zero-order chi connectivity index (χ0) is 18.2. The van der Waals surface area contributed by atoms with Crippen molar-refractivity contribution in [2.24, 2.45) is 0 Å². The lowest BCUT2D eigenvalue weighted by atomic mass is 10.1. The first-order valence-corrected chi connectivity index (χ1v) is 7.52. The molecule has 1 N–H and O–H groups in total. The third-order valence-electron chi connectivity index (χ3n) is 3.29. The molecule has 1 aromatic heterocycles. The summed E-state index contributed by atoms with van der Waals surface area (Å²) in [5, 5.41) is 2.78. The molecule has 132 valence electrons. The Kier molecular flexibility index (Phi) is 6.21. The van der Waals surface area contributed by atoms with Crippen LogP contribution in [-0.2, 0) is 30.4 Å². The van der Waals surface area contributed by atoms with Crippen LogP contribution in [0.4, 0.5) is 4.79 Å². The number of hydrogen-bond donors (Lipinski definition) is 1. The van der Waals surface area contributed by atoms with Crippen molar-refractivity contribution in [1.82, 2.24) is 15.4 Å². The molecule has 1 unspecified atom stereocenters. The van der Waals surface area contributed by atoms with E-state index in [1.54, 1.807) is 12.1 Å². The van der Waals surface area contributed by atoms with Gasteiger partial charge in [-0.3, -0.25) is 14.6 Å². The fraction of sp³-hybridized carbons (Fsp3) is 0.312. The second kappa shape index (κ2) is 8.57. The predicted molar refractivity (Wildman–Crippen MR) is 83.6 cm³/mol. The number of hydrogen-bond acceptors (Lipinski definition) is 7. The Morgan fingerprint density at radius 2 is 1.92 bits per heavy atom. The van der Waals surface area contributed by atoms with Gasteiger partial charge in [0.05, 0.1) is 0 Å². The summed E-state index contributed by atoms with van der Waals surface area (Å²) in [5.41, 5.74) is 0.694. The number of aromatic nitrogens is 1. The number of hydroxylamine groups is 2. The third-order valence-corrected chi connectivity index (χ3v) is 3.29. The summed E-state index contributed by atoms with van der Waals surface area (Å²) >= 11 is 0. The maximum Gasteiger partial charge on any atom is 0.408 e. The van der Waals surface area contributed by atoms with Crippen molar-refractivity contribution < 1.29 is 28.8 Å². The van der Waals surface area contributed by atoms with Gasteiger partial charge in [0, 0.05) is 31.7 Å². The Balaban J connectivity index is 2.07. The zero-order valence-corrected chi connectivity index (χ0v) is 13.3. The number of nitrogens with zero attached hydrogens (tertiary/aromatic N) is 2. The molecule has 0 saturated carbocycles. The average molecular weight is 347 g/mol. The van der Waals surface area contributed by atoms with Gasteiger partial charge in [-0.25, -0.2) is 9.59 Å². The van der Waals surface area contributed by atoms with Gasteiger partial charge in [-0.15, -0.1) is 5.06 Å². The van der Waals surface area contributed by atoms with Crippen molar-refractivity contribution in [3.63, 3.8) is 0 Å². The van der Waals surface area contributed by atoms with Crippen LogP contribution in [0.1, 0.15) is 18.4 Å². The van der Waals surface area contributed by atoms with E-state index in [0.29, 0.717) is 10.6 Å². The quantitative estimate of drug-likeness (QED) is 0.564. The van der Waals surface area contributed by atoms with Gasteiger partial charge >= 0.3 is 12.1 Å². The summed E-state index contributed by atoms with van der Waals surface area (Å²) < 4.78 is 4.79. The second-order valence-corrected chi connectivity index (χ2v) is 5.14. The molecule has 1 atom stereocenters. The normalized spacial score (nSPS) is 14.8. The molecule has 9 nitrogen and oxygen atoms in total. The van der Waals surface area contributed by atoms with Gasteiger partial charge in [-0.1, -0.05) is 12.7 Å².